The van der Waals surface area contributed by atoms with Crippen molar-refractivity contribution >= 4 is 28.5 Å². The number of halogens is 1. The van der Waals surface area contributed by atoms with Gasteiger partial charge in [0.2, 0.25) is 5.91 Å². The molecule has 1 saturated heterocycles. The molecular formula is C31H40ClN3O2. The summed E-state index contributed by atoms with van der Waals surface area (Å²) >= 11 is 6.02. The molecule has 1 aromatic heterocycles. The molecule has 2 aliphatic rings. The van der Waals surface area contributed by atoms with Crippen molar-refractivity contribution in [3.8, 4) is 5.75 Å². The van der Waals surface area contributed by atoms with Gasteiger partial charge in [0.15, 0.2) is 0 Å². The summed E-state index contributed by atoms with van der Waals surface area (Å²) in [5.74, 6) is 3.47. The first kappa shape index (κ1) is 26.1. The third kappa shape index (κ3) is 6.14. The zero-order chi connectivity index (χ0) is 25.8. The molecule has 0 bridgehead atoms. The van der Waals surface area contributed by atoms with E-state index in [0.717, 1.165) is 66.6 Å². The maximum absolute atomic E-state index is 13.5. The van der Waals surface area contributed by atoms with Crippen LogP contribution < -0.4 is 4.74 Å². The summed E-state index contributed by atoms with van der Waals surface area (Å²) in [4.78, 5) is 20.6. The molecule has 5 nitrogen and oxygen atoms in total. The first-order valence-electron chi connectivity index (χ1n) is 14.1. The van der Waals surface area contributed by atoms with Crippen molar-refractivity contribution in [3.05, 3.63) is 58.9 Å². The molecule has 37 heavy (non-hydrogen) atoms. The van der Waals surface area contributed by atoms with Crippen LogP contribution in [0.25, 0.3) is 11.0 Å². The number of fused-ring (bicyclic) bond motifs is 1. The Bertz CT molecular complexity index is 1200. The number of hydrogen-bond donors (Lipinski definition) is 0. The van der Waals surface area contributed by atoms with E-state index in [2.05, 4.69) is 41.5 Å². The van der Waals surface area contributed by atoms with Crippen LogP contribution in [0.3, 0.4) is 0 Å². The number of rotatable bonds is 8. The minimum atomic E-state index is -0.0163. The average molecular weight is 522 g/mol. The number of nitrogens with zero attached hydrogens (tertiary/aromatic N) is 3. The first-order chi connectivity index (χ1) is 18.0. The molecule has 1 saturated carbocycles. The van der Waals surface area contributed by atoms with Crippen LogP contribution in [0.5, 0.6) is 5.75 Å². The molecule has 3 aromatic rings. The molecule has 1 amide bonds. The van der Waals surface area contributed by atoms with Crippen LogP contribution in [0.15, 0.2) is 42.5 Å². The van der Waals surface area contributed by atoms with E-state index in [9.17, 15) is 4.79 Å². The van der Waals surface area contributed by atoms with Crippen LogP contribution in [0.4, 0.5) is 0 Å². The van der Waals surface area contributed by atoms with Crippen LogP contribution in [0.1, 0.15) is 69.7 Å². The number of hydrogen-bond acceptors (Lipinski definition) is 3. The fraction of sp³-hybridized carbons (Fsp3) is 0.548. The number of imidazole rings is 1. The van der Waals surface area contributed by atoms with Gasteiger partial charge in [0.25, 0.3) is 0 Å². The highest BCUT2D eigenvalue weighted by Gasteiger charge is 2.31. The molecule has 2 unspecified atom stereocenters. The lowest BCUT2D eigenvalue weighted by Crippen LogP contribution is -2.44. The van der Waals surface area contributed by atoms with Crippen molar-refractivity contribution in [2.24, 2.45) is 17.8 Å². The van der Waals surface area contributed by atoms with Crippen LogP contribution in [0, 0.1) is 24.7 Å². The number of para-hydroxylation sites is 1. The number of carbonyl (C=O) groups excluding carboxylic acids is 1. The summed E-state index contributed by atoms with van der Waals surface area (Å²) < 4.78 is 8.30. The fourth-order valence-corrected chi connectivity index (χ4v) is 6.46. The number of aryl methyl sites for hydroxylation is 2. The molecule has 6 heteroatoms. The quantitative estimate of drug-likeness (QED) is 0.310. The highest BCUT2D eigenvalue weighted by Crippen LogP contribution is 2.35. The van der Waals surface area contributed by atoms with Gasteiger partial charge in [-0.3, -0.25) is 4.79 Å². The van der Waals surface area contributed by atoms with Crippen molar-refractivity contribution in [2.45, 2.75) is 78.4 Å². The van der Waals surface area contributed by atoms with E-state index in [1.54, 1.807) is 0 Å². The molecule has 1 aliphatic carbocycles. The summed E-state index contributed by atoms with van der Waals surface area (Å²) in [6.07, 6.45) is 10.1. The maximum Gasteiger partial charge on any atom is 0.225 e. The number of aromatic nitrogens is 2. The van der Waals surface area contributed by atoms with E-state index in [-0.39, 0.29) is 5.92 Å². The largest absolute Gasteiger partial charge is 0.486 e. The second-order valence-corrected chi connectivity index (χ2v) is 11.6. The molecule has 0 N–H and O–H groups in total. The Kier molecular flexibility index (Phi) is 8.39. The monoisotopic (exact) mass is 521 g/mol. The van der Waals surface area contributed by atoms with E-state index in [0.29, 0.717) is 23.5 Å². The third-order valence-corrected chi connectivity index (χ3v) is 8.79. The van der Waals surface area contributed by atoms with Crippen LogP contribution in [0.2, 0.25) is 5.02 Å². The number of piperidine rings is 1. The molecule has 0 radical (unpaired) electrons. The molecule has 2 aromatic carbocycles. The van der Waals surface area contributed by atoms with E-state index in [1.165, 1.54) is 38.5 Å². The SMILES string of the molecule is Cc1cccc2c1nc(COc1ccc(Cl)cc1)n2CCC(C)C(=O)N1CCCC(C2CCCCC2)C1. The van der Waals surface area contributed by atoms with Gasteiger partial charge in [-0.25, -0.2) is 4.98 Å². The lowest BCUT2D eigenvalue weighted by molar-refractivity contribution is -0.137. The standard InChI is InChI=1S/C31H40ClN3O2/c1-22-8-6-12-28-30(22)33-29(21-37-27-15-13-26(32)14-16-27)35(28)19-17-23(2)31(36)34-18-7-11-25(20-34)24-9-4-3-5-10-24/h6,8,12-16,23-25H,3-5,7,9-11,17-21H2,1-2H3. The number of likely N-dealkylation sites (tertiary alicyclic amines) is 1. The van der Waals surface area contributed by atoms with E-state index in [1.807, 2.05) is 24.3 Å². The van der Waals surface area contributed by atoms with Gasteiger partial charge in [0.05, 0.1) is 11.0 Å². The summed E-state index contributed by atoms with van der Waals surface area (Å²) in [6, 6.07) is 13.7. The van der Waals surface area contributed by atoms with Gasteiger partial charge in [0.1, 0.15) is 18.2 Å². The highest BCUT2D eigenvalue weighted by molar-refractivity contribution is 6.30. The number of amides is 1. The molecule has 2 atom stereocenters. The predicted octanol–water partition coefficient (Wildman–Crippen LogP) is 7.42. The predicted molar refractivity (Wildman–Crippen MR) is 150 cm³/mol. The summed E-state index contributed by atoms with van der Waals surface area (Å²) in [5.41, 5.74) is 3.25. The van der Waals surface area contributed by atoms with Crippen molar-refractivity contribution in [1.29, 1.82) is 0 Å². The zero-order valence-electron chi connectivity index (χ0n) is 22.3. The van der Waals surface area contributed by atoms with Gasteiger partial charge in [-0.05, 0) is 73.9 Å². The average Bonchev–Trinajstić information content (AvgIpc) is 3.30. The topological polar surface area (TPSA) is 47.4 Å². The van der Waals surface area contributed by atoms with Crippen LogP contribution in [-0.2, 0) is 17.9 Å². The van der Waals surface area contributed by atoms with Crippen molar-refractivity contribution in [2.75, 3.05) is 13.1 Å². The number of carbonyl (C=O) groups is 1. The van der Waals surface area contributed by atoms with Gasteiger partial charge in [-0.1, -0.05) is 62.8 Å². The molecular weight excluding hydrogens is 482 g/mol. The Morgan fingerprint density at radius 2 is 1.81 bits per heavy atom. The summed E-state index contributed by atoms with van der Waals surface area (Å²) in [5, 5.41) is 0.688. The minimum Gasteiger partial charge on any atom is -0.486 e. The summed E-state index contributed by atoms with van der Waals surface area (Å²) in [7, 11) is 0. The van der Waals surface area contributed by atoms with Crippen molar-refractivity contribution in [3.63, 3.8) is 0 Å². The van der Waals surface area contributed by atoms with Gasteiger partial charge in [0, 0.05) is 30.6 Å². The molecule has 1 aliphatic heterocycles. The van der Waals surface area contributed by atoms with E-state index < -0.39 is 0 Å². The zero-order valence-corrected chi connectivity index (χ0v) is 23.1. The Hall–Kier alpha value is -2.53. The molecule has 2 fully saturated rings. The second kappa shape index (κ2) is 11.9. The molecule has 0 spiro atoms. The smallest absolute Gasteiger partial charge is 0.225 e. The van der Waals surface area contributed by atoms with E-state index >= 15 is 0 Å². The second-order valence-electron chi connectivity index (χ2n) is 11.1. The minimum absolute atomic E-state index is 0.0163. The first-order valence-corrected chi connectivity index (χ1v) is 14.5. The Morgan fingerprint density at radius 3 is 2.59 bits per heavy atom. The Balaban J connectivity index is 1.25. The van der Waals surface area contributed by atoms with Crippen LogP contribution in [-0.4, -0.2) is 33.4 Å². The van der Waals surface area contributed by atoms with Gasteiger partial charge >= 0.3 is 0 Å². The van der Waals surface area contributed by atoms with Gasteiger partial charge < -0.3 is 14.2 Å². The lowest BCUT2D eigenvalue weighted by Gasteiger charge is -2.39. The molecule has 5 rings (SSSR count). The summed E-state index contributed by atoms with van der Waals surface area (Å²) in [6.45, 7) is 7.18. The Morgan fingerprint density at radius 1 is 1.05 bits per heavy atom. The third-order valence-electron chi connectivity index (χ3n) is 8.53. The normalized spacial score (nSPS) is 19.8. The number of benzene rings is 2. The molecule has 198 valence electrons. The molecule has 2 heterocycles. The number of ether oxygens (including phenoxy) is 1. The van der Waals surface area contributed by atoms with Crippen molar-refractivity contribution in [1.82, 2.24) is 14.5 Å². The van der Waals surface area contributed by atoms with Gasteiger partial charge in [-0.15, -0.1) is 0 Å². The van der Waals surface area contributed by atoms with Crippen molar-refractivity contribution < 1.29 is 9.53 Å². The highest BCUT2D eigenvalue weighted by atomic mass is 35.5. The van der Waals surface area contributed by atoms with Gasteiger partial charge in [-0.2, -0.15) is 0 Å². The fourth-order valence-electron chi connectivity index (χ4n) is 6.33. The maximum atomic E-state index is 13.5. The Labute approximate surface area is 226 Å². The van der Waals surface area contributed by atoms with E-state index in [4.69, 9.17) is 21.3 Å². The lowest BCUT2D eigenvalue weighted by atomic mass is 9.76. The van der Waals surface area contributed by atoms with Crippen LogP contribution >= 0.6 is 11.6 Å².